The highest BCUT2D eigenvalue weighted by molar-refractivity contribution is 8.00. The second kappa shape index (κ2) is 53.3. The van der Waals surface area contributed by atoms with Crippen LogP contribution in [-0.4, -0.2) is 253 Å². The summed E-state index contributed by atoms with van der Waals surface area (Å²) >= 11 is 1.82. The van der Waals surface area contributed by atoms with Gasteiger partial charge < -0.3 is 122 Å². The molecule has 40 nitrogen and oxygen atoms in total. The van der Waals surface area contributed by atoms with Gasteiger partial charge in [-0.15, -0.1) is 0 Å². The van der Waals surface area contributed by atoms with Crippen LogP contribution in [0.4, 0.5) is 4.79 Å². The number of para-hydroxylation sites is 2. The van der Waals surface area contributed by atoms with Crippen LogP contribution in [0.25, 0.3) is 21.8 Å². The van der Waals surface area contributed by atoms with Gasteiger partial charge in [-0.3, -0.25) is 71.9 Å². The van der Waals surface area contributed by atoms with Crippen molar-refractivity contribution in [3.8, 4) is 5.75 Å². The van der Waals surface area contributed by atoms with Gasteiger partial charge in [0.05, 0.1) is 49.8 Å². The number of H-pyrrole nitrogens is 3. The molecule has 41 heteroatoms. The molecule has 3 saturated heterocycles. The molecule has 3 aliphatic heterocycles. The molecule has 0 unspecified atom stereocenters. The van der Waals surface area contributed by atoms with Crippen molar-refractivity contribution in [3.63, 3.8) is 0 Å². The molecule has 0 bridgehead atoms. The molecule has 0 spiro atoms. The highest BCUT2D eigenvalue weighted by atomic mass is 32.2. The van der Waals surface area contributed by atoms with Crippen molar-refractivity contribution in [2.75, 3.05) is 45.0 Å². The van der Waals surface area contributed by atoms with Crippen molar-refractivity contribution in [3.05, 3.63) is 156 Å². The van der Waals surface area contributed by atoms with E-state index in [0.29, 0.717) is 102 Å². The monoisotopic (exact) mass is 1930 g/mol. The summed E-state index contributed by atoms with van der Waals surface area (Å²) in [4.78, 5) is 240. The first-order chi connectivity index (χ1) is 66.1. The minimum Gasteiger partial charge on any atom is -0.508 e. The van der Waals surface area contributed by atoms with Crippen LogP contribution in [0.5, 0.6) is 5.75 Å². The Balaban J connectivity index is 0.774. The first-order valence-corrected chi connectivity index (χ1v) is 48.6. The van der Waals surface area contributed by atoms with Crippen molar-refractivity contribution in [2.24, 2.45) is 35.0 Å². The van der Waals surface area contributed by atoms with Gasteiger partial charge in [0.2, 0.25) is 88.6 Å². The minimum atomic E-state index is -1.46. The number of hydrogen-bond acceptors (Lipinski definition) is 21. The van der Waals surface area contributed by atoms with Crippen LogP contribution in [0.3, 0.4) is 0 Å². The fourth-order valence-corrected chi connectivity index (χ4v) is 18.8. The number of thioether (sulfide) groups is 1. The number of nitrogens with two attached hydrogens (primary N) is 3. The van der Waals surface area contributed by atoms with E-state index < -0.39 is 169 Å². The lowest BCUT2D eigenvalue weighted by atomic mass is 9.98. The van der Waals surface area contributed by atoms with Gasteiger partial charge in [-0.05, 0) is 154 Å². The van der Waals surface area contributed by atoms with Crippen LogP contribution in [0.15, 0.2) is 128 Å². The summed E-state index contributed by atoms with van der Waals surface area (Å²) in [5.41, 5.74) is 22.1. The number of benzene rings is 4. The van der Waals surface area contributed by atoms with Gasteiger partial charge in [0.25, 0.3) is 0 Å². The number of aromatic nitrogens is 4. The molecule has 7 aromatic rings. The summed E-state index contributed by atoms with van der Waals surface area (Å²) in [6.45, 7) is 9.77. The summed E-state index contributed by atoms with van der Waals surface area (Å²) in [5, 5.41) is 53.5. The second-order valence-corrected chi connectivity index (χ2v) is 38.2. The standard InChI is InChI=1S/C97H135N23O17S/c1-55(2)39-66(99)87(127)111-75(44-60-47-103-67-25-12-10-23-64(60)67)94(134)117-77(46-62-49-101-54-108-62)96(136)120-38-20-29-79(120)95(135)116-74(43-59-32-34-63(121)35-33-59)92(132)113-71(40-56(3)4)89(129)114-73(42-58-21-8-7-9-22-58)91(131)112-72(41-57(5)6)90(130)115-76(45-61-48-104-68-26-13-11-24-65(61)68)93(133)110-70(28-16-18-36-98)88(128)107-51-83(124)105-50-82(123)106-52-84(125)109-69(86(100)126)27-17-19-37-102-81(122)31-15-14-30-80-85-78(53-138-80)118-97(137)119-85/h7-13,21-26,32-35,47-49,54-57,66,69-80,85,103-104,121H,14-20,27-31,36-46,50-53,98-99H2,1-6H3,(H2,100,126)(H,101,108)(H,102,122)(H,105,124)(H,106,123)(H,107,128)(H,109,125)(H,110,133)(H,111,127)(H,112,131)(H,113,132)(H,114,129)(H,115,130)(H,116,135)(H,117,134)(H2,118,119,137)/t66-,69-,70-,71-,72-,73-,74-,75-,76-,77-,78-,79-,80-,85-/m0/s1. The number of aromatic hydroxyl groups is 1. The van der Waals surface area contributed by atoms with E-state index in [0.717, 1.165) is 29.5 Å². The smallest absolute Gasteiger partial charge is 0.315 e. The molecule has 3 aromatic heterocycles. The number of unbranched alkanes of at least 4 members (excludes halogenated alkanes) is 3. The zero-order chi connectivity index (χ0) is 99.5. The number of amides is 17. The molecule has 25 N–H and O–H groups in total. The Morgan fingerprint density at radius 2 is 0.993 bits per heavy atom. The Hall–Kier alpha value is -13.4. The van der Waals surface area contributed by atoms with Gasteiger partial charge in [0.1, 0.15) is 66.2 Å². The average molecular weight is 1930 g/mol. The van der Waals surface area contributed by atoms with Crippen LogP contribution in [0.2, 0.25) is 0 Å². The third kappa shape index (κ3) is 33.2. The highest BCUT2D eigenvalue weighted by Gasteiger charge is 2.45. The molecule has 3 aliphatic rings. The third-order valence-corrected chi connectivity index (χ3v) is 26.0. The van der Waals surface area contributed by atoms with E-state index >= 15 is 33.6 Å². The quantitative estimate of drug-likeness (QED) is 0.0189. The summed E-state index contributed by atoms with van der Waals surface area (Å²) in [5.74, 6) is -10.8. The van der Waals surface area contributed by atoms with Gasteiger partial charge in [-0.1, -0.05) is 127 Å². The number of primary amides is 1. The Labute approximate surface area is 805 Å². The molecule has 6 heterocycles. The van der Waals surface area contributed by atoms with Crippen molar-refractivity contribution >= 4 is 128 Å². The predicted molar refractivity (Wildman–Crippen MR) is 519 cm³/mol. The molecule has 0 radical (unpaired) electrons. The van der Waals surface area contributed by atoms with Gasteiger partial charge >= 0.3 is 6.03 Å². The molecule has 10 rings (SSSR count). The number of phenols is 1. The molecule has 0 saturated carbocycles. The van der Waals surface area contributed by atoms with E-state index in [1.807, 2.05) is 95.8 Å². The maximum atomic E-state index is 15.3. The largest absolute Gasteiger partial charge is 0.508 e. The number of carbonyl (C=O) groups is 16. The third-order valence-electron chi connectivity index (χ3n) is 24.4. The Morgan fingerprint density at radius 1 is 0.486 bits per heavy atom. The number of likely N-dealkylation sites (tertiary alicyclic amines) is 1. The van der Waals surface area contributed by atoms with Crippen LogP contribution >= 0.6 is 11.8 Å². The van der Waals surface area contributed by atoms with Gasteiger partial charge in [0, 0.05) is 103 Å². The zero-order valence-electron chi connectivity index (χ0n) is 79.0. The van der Waals surface area contributed by atoms with Crippen molar-refractivity contribution in [1.82, 2.24) is 105 Å². The number of phenolic OH excluding ortho intramolecular Hbond substituents is 1. The molecule has 3 fully saturated rings. The molecule has 14 atom stereocenters. The summed E-state index contributed by atoms with van der Waals surface area (Å²) < 4.78 is 0. The highest BCUT2D eigenvalue weighted by Crippen LogP contribution is 2.34. The lowest BCUT2D eigenvalue weighted by Crippen LogP contribution is -2.61. The van der Waals surface area contributed by atoms with Crippen LogP contribution in [0, 0.1) is 17.8 Å². The normalized spacial score (nSPS) is 17.2. The number of imidazole rings is 1. The van der Waals surface area contributed by atoms with E-state index in [1.54, 1.807) is 67.1 Å². The number of nitrogens with one attached hydrogen (secondary N) is 18. The fraction of sp³-hybridized carbons (Fsp3) is 0.515. The second-order valence-electron chi connectivity index (χ2n) is 36.9. The summed E-state index contributed by atoms with van der Waals surface area (Å²) in [6.07, 6.45) is 11.0. The lowest BCUT2D eigenvalue weighted by molar-refractivity contribution is -0.142. The zero-order valence-corrected chi connectivity index (χ0v) is 79.9. The first-order valence-electron chi connectivity index (χ1n) is 47.6. The number of urea groups is 1. The number of aromatic amines is 3. The summed E-state index contributed by atoms with van der Waals surface area (Å²) in [7, 11) is 0. The molecule has 746 valence electrons. The fourth-order valence-electron chi connectivity index (χ4n) is 17.2. The lowest BCUT2D eigenvalue weighted by Gasteiger charge is -2.31. The molecule has 138 heavy (non-hydrogen) atoms. The molecule has 4 aromatic carbocycles. The van der Waals surface area contributed by atoms with Gasteiger partial charge in [0.15, 0.2) is 0 Å². The van der Waals surface area contributed by atoms with E-state index in [1.165, 1.54) is 23.4 Å². The van der Waals surface area contributed by atoms with Crippen LogP contribution in [0.1, 0.15) is 166 Å². The predicted octanol–water partition coefficient (Wildman–Crippen LogP) is 1.39. The van der Waals surface area contributed by atoms with E-state index in [4.69, 9.17) is 17.2 Å². The average Bonchev–Trinajstić information content (AvgIpc) is 1.69. The molecular formula is C97H135N23O17S. The van der Waals surface area contributed by atoms with Gasteiger partial charge in [-0.25, -0.2) is 9.78 Å². The van der Waals surface area contributed by atoms with Gasteiger partial charge in [-0.2, -0.15) is 11.8 Å². The number of carbonyl (C=O) groups excluding carboxylic acids is 16. The maximum absolute atomic E-state index is 15.3. The number of rotatable bonds is 56. The molecule has 0 aliphatic carbocycles. The SMILES string of the molecule is CC(C)C[C@H](NC(=O)[C@H](Cc1ccccc1)NC(=O)[C@H](CC(C)C)NC(=O)[C@H](Cc1ccc(O)cc1)NC(=O)[C@@H]1CCCN1C(=O)[C@H](Cc1c[nH]cn1)NC(=O)[C@H](Cc1c[nH]c2ccccc12)NC(=O)[C@@H](N)CC(C)C)C(=O)N[C@@H](Cc1c[nH]c2ccccc12)C(=O)N[C@@H](CCCCN)C(=O)NCC(=O)NCC(=O)NCC(=O)N[C@@H](CCCCNC(=O)CCCC[C@@H]1SC[C@@H]2NC(=O)N[C@@H]21)C(N)=O. The van der Waals surface area contributed by atoms with Crippen molar-refractivity contribution in [2.45, 2.75) is 254 Å². The Kier molecular flexibility index (Phi) is 41.2. The maximum Gasteiger partial charge on any atom is 0.315 e. The minimum absolute atomic E-state index is 0.00100. The first kappa shape index (κ1) is 107. The Bertz CT molecular complexity index is 5310. The number of fused-ring (bicyclic) bond motifs is 3. The van der Waals surface area contributed by atoms with E-state index in [-0.39, 0.29) is 125 Å². The summed E-state index contributed by atoms with van der Waals surface area (Å²) in [6, 6.07) is 15.0. The van der Waals surface area contributed by atoms with Crippen molar-refractivity contribution in [1.29, 1.82) is 0 Å². The van der Waals surface area contributed by atoms with E-state index in [9.17, 15) is 48.3 Å². The molecular weight excluding hydrogens is 1790 g/mol. The van der Waals surface area contributed by atoms with Crippen molar-refractivity contribution < 1.29 is 81.8 Å². The van der Waals surface area contributed by atoms with E-state index in [2.05, 4.69) is 99.7 Å². The Morgan fingerprint density at radius 3 is 1.57 bits per heavy atom. The molecule has 17 amide bonds. The van der Waals surface area contributed by atoms with Crippen LogP contribution in [-0.2, 0) is 104 Å². The van der Waals surface area contributed by atoms with Crippen LogP contribution < -0.4 is 97.0 Å². The topological polar surface area (TPSA) is 615 Å². The number of hydrogen-bond donors (Lipinski definition) is 22. The number of nitrogens with zero attached hydrogens (tertiary/aromatic N) is 2.